The molecule has 0 spiro atoms. The minimum absolute atomic E-state index is 0.318. The SMILES string of the molecule is C=C(CC)C(=O)ON(CC)CC.O=S(O)O. The molecule has 16 heavy (non-hydrogen) atoms. The van der Waals surface area contributed by atoms with Crippen molar-refractivity contribution >= 4 is 17.3 Å². The molecule has 0 aliphatic rings. The summed E-state index contributed by atoms with van der Waals surface area (Å²) in [5, 5.41) is 1.60. The minimum atomic E-state index is -2.61. The Kier molecular flexibility index (Phi) is 11.8. The van der Waals surface area contributed by atoms with Crippen LogP contribution in [0.25, 0.3) is 0 Å². The fraction of sp³-hybridized carbons (Fsp3) is 0.667. The van der Waals surface area contributed by atoms with Crippen LogP contribution in [0.5, 0.6) is 0 Å². The first-order chi connectivity index (χ1) is 7.38. The molecule has 0 heterocycles. The molecule has 0 aromatic carbocycles. The zero-order valence-corrected chi connectivity index (χ0v) is 10.6. The van der Waals surface area contributed by atoms with E-state index in [-0.39, 0.29) is 5.97 Å². The number of carbonyl (C=O) groups is 1. The third-order valence-electron chi connectivity index (χ3n) is 1.63. The van der Waals surface area contributed by atoms with Gasteiger partial charge in [0.15, 0.2) is 0 Å². The molecule has 0 bridgehead atoms. The van der Waals surface area contributed by atoms with Gasteiger partial charge in [-0.3, -0.25) is 9.11 Å². The van der Waals surface area contributed by atoms with Crippen LogP contribution in [0.3, 0.4) is 0 Å². The molecule has 0 aromatic heterocycles. The van der Waals surface area contributed by atoms with E-state index in [0.29, 0.717) is 25.1 Å². The van der Waals surface area contributed by atoms with Gasteiger partial charge in [0.2, 0.25) is 0 Å². The van der Waals surface area contributed by atoms with Crippen LogP contribution in [0.4, 0.5) is 0 Å². The Balaban J connectivity index is 0. The van der Waals surface area contributed by atoms with Crippen molar-refractivity contribution in [2.24, 2.45) is 0 Å². The van der Waals surface area contributed by atoms with Crippen molar-refractivity contribution < 1.29 is 22.9 Å². The topological polar surface area (TPSA) is 87.1 Å². The van der Waals surface area contributed by atoms with E-state index in [4.69, 9.17) is 18.2 Å². The molecule has 7 heteroatoms. The van der Waals surface area contributed by atoms with E-state index in [1.807, 2.05) is 20.8 Å². The van der Waals surface area contributed by atoms with Crippen molar-refractivity contribution in [1.29, 1.82) is 0 Å². The van der Waals surface area contributed by atoms with Crippen molar-refractivity contribution in [2.45, 2.75) is 27.2 Å². The van der Waals surface area contributed by atoms with Crippen LogP contribution in [0.15, 0.2) is 12.2 Å². The number of rotatable bonds is 5. The number of hydrogen-bond acceptors (Lipinski definition) is 4. The second-order valence-corrected chi connectivity index (χ2v) is 3.14. The van der Waals surface area contributed by atoms with Crippen molar-refractivity contribution in [1.82, 2.24) is 5.06 Å². The number of hydroxylamine groups is 2. The summed E-state index contributed by atoms with van der Waals surface area (Å²) < 4.78 is 22.8. The molecule has 0 aliphatic heterocycles. The van der Waals surface area contributed by atoms with Gasteiger partial charge in [0, 0.05) is 18.7 Å². The van der Waals surface area contributed by atoms with Crippen LogP contribution in [-0.2, 0) is 21.0 Å². The Morgan fingerprint density at radius 3 is 1.94 bits per heavy atom. The normalized spacial score (nSPS) is 9.69. The van der Waals surface area contributed by atoms with Gasteiger partial charge in [-0.25, -0.2) is 4.79 Å². The van der Waals surface area contributed by atoms with Crippen molar-refractivity contribution in [3.63, 3.8) is 0 Å². The first-order valence-corrected chi connectivity index (χ1v) is 5.90. The lowest BCUT2D eigenvalue weighted by atomic mass is 10.2. The van der Waals surface area contributed by atoms with E-state index >= 15 is 0 Å². The van der Waals surface area contributed by atoms with Crippen LogP contribution in [0.2, 0.25) is 0 Å². The van der Waals surface area contributed by atoms with Gasteiger partial charge in [0.1, 0.15) is 0 Å². The molecule has 0 amide bonds. The second-order valence-electron chi connectivity index (χ2n) is 2.68. The van der Waals surface area contributed by atoms with Gasteiger partial charge in [-0.05, 0) is 20.3 Å². The van der Waals surface area contributed by atoms with Gasteiger partial charge in [-0.2, -0.15) is 4.21 Å². The first kappa shape index (κ1) is 17.6. The molecule has 96 valence electrons. The third kappa shape index (κ3) is 11.3. The molecule has 0 aromatic rings. The van der Waals surface area contributed by atoms with Crippen molar-refractivity contribution in [3.05, 3.63) is 12.2 Å². The average Bonchev–Trinajstić information content (AvgIpc) is 2.23. The van der Waals surface area contributed by atoms with Crippen LogP contribution in [-0.4, -0.2) is 37.4 Å². The van der Waals surface area contributed by atoms with Crippen molar-refractivity contribution in [3.8, 4) is 0 Å². The highest BCUT2D eigenvalue weighted by Gasteiger charge is 2.09. The molecular weight excluding hydrogens is 234 g/mol. The van der Waals surface area contributed by atoms with E-state index in [0.717, 1.165) is 0 Å². The smallest absolute Gasteiger partial charge is 0.352 e. The molecule has 0 radical (unpaired) electrons. The monoisotopic (exact) mass is 253 g/mol. The Morgan fingerprint density at radius 1 is 1.31 bits per heavy atom. The lowest BCUT2D eigenvalue weighted by molar-refractivity contribution is -0.183. The van der Waals surface area contributed by atoms with Gasteiger partial charge < -0.3 is 4.84 Å². The van der Waals surface area contributed by atoms with Crippen molar-refractivity contribution in [2.75, 3.05) is 13.1 Å². The summed E-state index contributed by atoms with van der Waals surface area (Å²) in [6.07, 6.45) is 0.639. The number of hydrogen-bond donors (Lipinski definition) is 2. The van der Waals surface area contributed by atoms with E-state index in [2.05, 4.69) is 6.58 Å². The summed E-state index contributed by atoms with van der Waals surface area (Å²) in [4.78, 5) is 16.1. The molecular formula is C9H19NO5S. The maximum absolute atomic E-state index is 11.1. The minimum Gasteiger partial charge on any atom is -0.364 e. The van der Waals surface area contributed by atoms with Crippen LogP contribution < -0.4 is 0 Å². The Labute approximate surface area is 98.3 Å². The molecule has 0 atom stereocenters. The molecule has 6 nitrogen and oxygen atoms in total. The fourth-order valence-corrected chi connectivity index (χ4v) is 0.679. The van der Waals surface area contributed by atoms with Gasteiger partial charge in [-0.1, -0.05) is 13.5 Å². The highest BCUT2D eigenvalue weighted by Crippen LogP contribution is 2.01. The van der Waals surface area contributed by atoms with Gasteiger partial charge in [0.05, 0.1) is 0 Å². The highest BCUT2D eigenvalue weighted by atomic mass is 32.2. The van der Waals surface area contributed by atoms with Crippen LogP contribution in [0.1, 0.15) is 27.2 Å². The van der Waals surface area contributed by atoms with E-state index in [1.54, 1.807) is 5.06 Å². The predicted octanol–water partition coefficient (Wildman–Crippen LogP) is 1.43. The van der Waals surface area contributed by atoms with Gasteiger partial charge >= 0.3 is 5.97 Å². The molecule has 0 unspecified atom stereocenters. The highest BCUT2D eigenvalue weighted by molar-refractivity contribution is 7.73. The maximum atomic E-state index is 11.1. The summed E-state index contributed by atoms with van der Waals surface area (Å²) in [5.41, 5.74) is 0.516. The van der Waals surface area contributed by atoms with E-state index in [1.165, 1.54) is 0 Å². The fourth-order valence-electron chi connectivity index (χ4n) is 0.679. The molecule has 0 rings (SSSR count). The molecule has 0 saturated carbocycles. The zero-order valence-electron chi connectivity index (χ0n) is 9.80. The number of carbonyl (C=O) groups excluding carboxylic acids is 1. The molecule has 0 saturated heterocycles. The largest absolute Gasteiger partial charge is 0.364 e. The maximum Gasteiger partial charge on any atom is 0.352 e. The average molecular weight is 253 g/mol. The van der Waals surface area contributed by atoms with E-state index in [9.17, 15) is 4.79 Å². The lowest BCUT2D eigenvalue weighted by Crippen LogP contribution is -2.27. The summed E-state index contributed by atoms with van der Waals surface area (Å²) in [6.45, 7) is 10.8. The first-order valence-electron chi connectivity index (χ1n) is 4.83. The standard InChI is InChI=1S/C9H17NO2.H2O3S/c1-5-8(4)9(11)12-10(6-2)7-3;1-4(2)3/h4-7H2,1-3H3;(H2,1,2,3). The Morgan fingerprint density at radius 2 is 1.69 bits per heavy atom. The quantitative estimate of drug-likeness (QED) is 0.438. The molecule has 0 fully saturated rings. The molecule has 2 N–H and O–H groups in total. The van der Waals surface area contributed by atoms with Crippen LogP contribution >= 0.6 is 0 Å². The Hall–Kier alpha value is -0.760. The summed E-state index contributed by atoms with van der Waals surface area (Å²) in [6, 6.07) is 0. The summed E-state index contributed by atoms with van der Waals surface area (Å²) in [5.74, 6) is -0.318. The Bertz CT molecular complexity index is 236. The number of nitrogens with zero attached hydrogens (tertiary/aromatic N) is 1. The summed E-state index contributed by atoms with van der Waals surface area (Å²) >= 11 is -2.61. The predicted molar refractivity (Wildman–Crippen MR) is 61.8 cm³/mol. The summed E-state index contributed by atoms with van der Waals surface area (Å²) in [7, 11) is 0. The van der Waals surface area contributed by atoms with Crippen LogP contribution in [0, 0.1) is 0 Å². The zero-order chi connectivity index (χ0) is 13.1. The second kappa shape index (κ2) is 10.7. The molecule has 0 aliphatic carbocycles. The van der Waals surface area contributed by atoms with Gasteiger partial charge in [0.25, 0.3) is 11.4 Å². The third-order valence-corrected chi connectivity index (χ3v) is 1.63. The van der Waals surface area contributed by atoms with Gasteiger partial charge in [-0.15, -0.1) is 5.06 Å². The lowest BCUT2D eigenvalue weighted by Gasteiger charge is -2.17. The van der Waals surface area contributed by atoms with E-state index < -0.39 is 11.4 Å².